The molecule has 138 valence electrons. The van der Waals surface area contributed by atoms with Crippen LogP contribution in [0.5, 0.6) is 5.75 Å². The van der Waals surface area contributed by atoms with Crippen LogP contribution >= 0.6 is 0 Å². The molecule has 0 aromatic heterocycles. The lowest BCUT2D eigenvalue weighted by Gasteiger charge is -2.16. The number of carbonyl (C=O) groups is 2. The maximum absolute atomic E-state index is 12.2. The monoisotopic (exact) mass is 370 g/mol. The van der Waals surface area contributed by atoms with Crippen LogP contribution in [0.15, 0.2) is 29.2 Å². The Morgan fingerprint density at radius 3 is 2.56 bits per heavy atom. The molecule has 1 aromatic rings. The van der Waals surface area contributed by atoms with Crippen molar-refractivity contribution in [3.8, 4) is 5.75 Å². The molecule has 1 aliphatic rings. The molecule has 1 atom stereocenters. The van der Waals surface area contributed by atoms with Crippen LogP contribution in [0, 0.1) is 5.92 Å². The van der Waals surface area contributed by atoms with Gasteiger partial charge >= 0.3 is 5.97 Å². The molecule has 1 fully saturated rings. The Labute approximate surface area is 146 Å². The Kier molecular flexibility index (Phi) is 6.38. The number of nitrogens with zero attached hydrogens (tertiary/aromatic N) is 1. The molecule has 25 heavy (non-hydrogen) atoms. The number of carbonyl (C=O) groups excluding carboxylic acids is 1. The van der Waals surface area contributed by atoms with Gasteiger partial charge in [0.15, 0.2) is 0 Å². The van der Waals surface area contributed by atoms with Gasteiger partial charge in [-0.15, -0.1) is 0 Å². The first kappa shape index (κ1) is 19.2. The molecule has 1 heterocycles. The number of amides is 1. The normalized spacial score (nSPS) is 17.5. The van der Waals surface area contributed by atoms with E-state index in [9.17, 15) is 18.0 Å². The van der Waals surface area contributed by atoms with Gasteiger partial charge in [0.1, 0.15) is 5.75 Å². The highest BCUT2D eigenvalue weighted by Crippen LogP contribution is 2.18. The summed E-state index contributed by atoms with van der Waals surface area (Å²) in [7, 11) is -3.71. The molecule has 2 rings (SSSR count). The number of hydrogen-bond donors (Lipinski definition) is 2. The zero-order valence-electron chi connectivity index (χ0n) is 14.0. The van der Waals surface area contributed by atoms with Crippen molar-refractivity contribution in [2.24, 2.45) is 5.92 Å². The van der Waals surface area contributed by atoms with Crippen molar-refractivity contribution in [2.75, 3.05) is 26.2 Å². The number of carboxylic acids is 1. The molecule has 9 heteroatoms. The number of ether oxygens (including phenoxy) is 1. The Hall–Kier alpha value is -2.13. The van der Waals surface area contributed by atoms with E-state index in [0.717, 1.165) is 0 Å². The van der Waals surface area contributed by atoms with Gasteiger partial charge in [-0.05, 0) is 37.6 Å². The summed E-state index contributed by atoms with van der Waals surface area (Å²) in [5.74, 6) is -1.12. The number of benzene rings is 1. The molecular weight excluding hydrogens is 348 g/mol. The van der Waals surface area contributed by atoms with Crippen LogP contribution in [0.25, 0.3) is 0 Å². The van der Waals surface area contributed by atoms with E-state index in [-0.39, 0.29) is 30.3 Å². The van der Waals surface area contributed by atoms with E-state index < -0.39 is 21.9 Å². The largest absolute Gasteiger partial charge is 0.494 e. The number of nitrogens with one attached hydrogen (secondary N) is 1. The van der Waals surface area contributed by atoms with Crippen molar-refractivity contribution in [2.45, 2.75) is 24.7 Å². The van der Waals surface area contributed by atoms with Gasteiger partial charge in [0.2, 0.25) is 15.9 Å². The van der Waals surface area contributed by atoms with Crippen molar-refractivity contribution in [3.63, 3.8) is 0 Å². The first-order valence-corrected chi connectivity index (χ1v) is 9.55. The van der Waals surface area contributed by atoms with Gasteiger partial charge in [0.05, 0.1) is 17.4 Å². The van der Waals surface area contributed by atoms with E-state index in [4.69, 9.17) is 9.84 Å². The SMILES string of the molecule is CCOc1ccc(S(=O)(=O)NCCC(=O)N2CCC(C(=O)O)C2)cc1. The van der Waals surface area contributed by atoms with Crippen LogP contribution < -0.4 is 9.46 Å². The van der Waals surface area contributed by atoms with Crippen molar-refractivity contribution >= 4 is 21.9 Å². The number of sulfonamides is 1. The summed E-state index contributed by atoms with van der Waals surface area (Å²) in [5.41, 5.74) is 0. The van der Waals surface area contributed by atoms with E-state index in [2.05, 4.69) is 4.72 Å². The van der Waals surface area contributed by atoms with E-state index >= 15 is 0 Å². The van der Waals surface area contributed by atoms with Gasteiger partial charge in [0, 0.05) is 26.1 Å². The summed E-state index contributed by atoms with van der Waals surface area (Å²) in [5, 5.41) is 8.94. The molecule has 1 amide bonds. The zero-order valence-corrected chi connectivity index (χ0v) is 14.8. The standard InChI is InChI=1S/C16H22N2O6S/c1-2-24-13-3-5-14(6-4-13)25(22,23)17-9-7-15(19)18-10-8-12(11-18)16(20)21/h3-6,12,17H,2,7-11H2,1H3,(H,20,21). The summed E-state index contributed by atoms with van der Waals surface area (Å²) in [6, 6.07) is 6.01. The summed E-state index contributed by atoms with van der Waals surface area (Å²) >= 11 is 0. The van der Waals surface area contributed by atoms with Crippen LogP contribution in [-0.2, 0) is 19.6 Å². The maximum atomic E-state index is 12.2. The number of hydrogen-bond acceptors (Lipinski definition) is 5. The fourth-order valence-electron chi connectivity index (χ4n) is 2.60. The van der Waals surface area contributed by atoms with Crippen LogP contribution in [-0.4, -0.2) is 56.5 Å². The minimum atomic E-state index is -3.71. The lowest BCUT2D eigenvalue weighted by atomic mass is 10.1. The highest BCUT2D eigenvalue weighted by Gasteiger charge is 2.30. The minimum absolute atomic E-state index is 0.0113. The Balaban J connectivity index is 1.83. The van der Waals surface area contributed by atoms with Gasteiger partial charge in [-0.3, -0.25) is 9.59 Å². The Bertz CT molecular complexity index is 717. The number of aliphatic carboxylic acids is 1. The molecule has 1 unspecified atom stereocenters. The summed E-state index contributed by atoms with van der Waals surface area (Å²) in [6.07, 6.45) is 0.418. The predicted molar refractivity (Wildman–Crippen MR) is 89.7 cm³/mol. The highest BCUT2D eigenvalue weighted by molar-refractivity contribution is 7.89. The molecule has 0 aliphatic carbocycles. The van der Waals surface area contributed by atoms with Gasteiger partial charge in [-0.25, -0.2) is 13.1 Å². The lowest BCUT2D eigenvalue weighted by molar-refractivity contribution is -0.141. The first-order valence-electron chi connectivity index (χ1n) is 8.06. The second-order valence-corrected chi connectivity index (χ2v) is 7.48. The zero-order chi connectivity index (χ0) is 18.4. The summed E-state index contributed by atoms with van der Waals surface area (Å²) in [4.78, 5) is 24.5. The number of carboxylic acid groups (broad SMARTS) is 1. The molecule has 0 bridgehead atoms. The quantitative estimate of drug-likeness (QED) is 0.696. The smallest absolute Gasteiger partial charge is 0.308 e. The second-order valence-electron chi connectivity index (χ2n) is 5.72. The molecule has 8 nitrogen and oxygen atoms in total. The number of likely N-dealkylation sites (tertiary alicyclic amines) is 1. The van der Waals surface area contributed by atoms with Crippen molar-refractivity contribution in [3.05, 3.63) is 24.3 Å². The van der Waals surface area contributed by atoms with Crippen molar-refractivity contribution in [1.82, 2.24) is 9.62 Å². The Morgan fingerprint density at radius 2 is 2.00 bits per heavy atom. The molecule has 0 radical (unpaired) electrons. The molecule has 1 saturated heterocycles. The third kappa shape index (κ3) is 5.17. The highest BCUT2D eigenvalue weighted by atomic mass is 32.2. The third-order valence-corrected chi connectivity index (χ3v) is 5.44. The fourth-order valence-corrected chi connectivity index (χ4v) is 3.64. The third-order valence-electron chi connectivity index (χ3n) is 3.97. The van der Waals surface area contributed by atoms with Gasteiger partial charge in [0.25, 0.3) is 0 Å². The van der Waals surface area contributed by atoms with E-state index in [1.165, 1.54) is 17.0 Å². The molecule has 1 aliphatic heterocycles. The average molecular weight is 370 g/mol. The predicted octanol–water partition coefficient (Wildman–Crippen LogP) is 0.687. The van der Waals surface area contributed by atoms with Crippen LogP contribution in [0.4, 0.5) is 0 Å². The first-order chi connectivity index (χ1) is 11.8. The van der Waals surface area contributed by atoms with Gasteiger partial charge in [-0.1, -0.05) is 0 Å². The van der Waals surface area contributed by atoms with Gasteiger partial charge < -0.3 is 14.7 Å². The van der Waals surface area contributed by atoms with Crippen LogP contribution in [0.3, 0.4) is 0 Å². The second kappa shape index (κ2) is 8.30. The molecule has 1 aromatic carbocycles. The van der Waals surface area contributed by atoms with Crippen LogP contribution in [0.1, 0.15) is 19.8 Å². The topological polar surface area (TPSA) is 113 Å². The molecular formula is C16H22N2O6S. The van der Waals surface area contributed by atoms with E-state index in [1.807, 2.05) is 6.92 Å². The average Bonchev–Trinajstić information content (AvgIpc) is 3.06. The van der Waals surface area contributed by atoms with Gasteiger partial charge in [-0.2, -0.15) is 0 Å². The van der Waals surface area contributed by atoms with Crippen molar-refractivity contribution in [1.29, 1.82) is 0 Å². The fraction of sp³-hybridized carbons (Fsp3) is 0.500. The molecule has 0 saturated carbocycles. The molecule has 0 spiro atoms. The van der Waals surface area contributed by atoms with E-state index in [0.29, 0.717) is 25.3 Å². The van der Waals surface area contributed by atoms with Crippen molar-refractivity contribution < 1.29 is 27.9 Å². The lowest BCUT2D eigenvalue weighted by Crippen LogP contribution is -2.33. The minimum Gasteiger partial charge on any atom is -0.494 e. The van der Waals surface area contributed by atoms with E-state index in [1.54, 1.807) is 12.1 Å². The van der Waals surface area contributed by atoms with Crippen LogP contribution in [0.2, 0.25) is 0 Å². The Morgan fingerprint density at radius 1 is 1.32 bits per heavy atom. The maximum Gasteiger partial charge on any atom is 0.308 e. The summed E-state index contributed by atoms with van der Waals surface area (Å²) < 4.78 is 32.0. The number of rotatable bonds is 8. The summed E-state index contributed by atoms with van der Waals surface area (Å²) in [6.45, 7) is 2.86. The molecule has 2 N–H and O–H groups in total.